The lowest BCUT2D eigenvalue weighted by Crippen LogP contribution is -2.41. The number of hydrogen-bond acceptors (Lipinski definition) is 3. The number of benzene rings is 2. The molecule has 3 nitrogen and oxygen atoms in total. The quantitative estimate of drug-likeness (QED) is 0.780. The molecule has 0 amide bonds. The number of fused-ring (bicyclic) bond motifs is 2. The van der Waals surface area contributed by atoms with Gasteiger partial charge >= 0.3 is 0 Å². The van der Waals surface area contributed by atoms with Crippen molar-refractivity contribution in [3.8, 4) is 17.2 Å². The molecule has 0 N–H and O–H groups in total. The highest BCUT2D eigenvalue weighted by atomic mass is 16.5. The van der Waals surface area contributed by atoms with E-state index in [4.69, 9.17) is 14.2 Å². The minimum absolute atomic E-state index is 0.000162. The van der Waals surface area contributed by atoms with E-state index in [-0.39, 0.29) is 5.41 Å². The summed E-state index contributed by atoms with van der Waals surface area (Å²) in [6, 6.07) is 8.56. The lowest BCUT2D eigenvalue weighted by Gasteiger charge is -2.44. The van der Waals surface area contributed by atoms with Crippen molar-refractivity contribution in [1.82, 2.24) is 0 Å². The predicted octanol–water partition coefficient (Wildman–Crippen LogP) is 4.84. The molecule has 2 aromatic carbocycles. The summed E-state index contributed by atoms with van der Waals surface area (Å²) in [6.07, 6.45) is 6.06. The van der Waals surface area contributed by atoms with E-state index >= 15 is 0 Å². The van der Waals surface area contributed by atoms with Crippen LogP contribution in [0.25, 0.3) is 0 Å². The first-order valence-electron chi connectivity index (χ1n) is 10.1. The maximum Gasteiger partial charge on any atom is 0.123 e. The van der Waals surface area contributed by atoms with Crippen LogP contribution in [-0.2, 0) is 18.3 Å². The molecular weight excluding hydrogens is 336 g/mol. The van der Waals surface area contributed by atoms with Gasteiger partial charge in [-0.1, -0.05) is 12.5 Å². The Bertz CT molecular complexity index is 916. The molecule has 1 spiro atoms. The molecule has 0 aliphatic heterocycles. The number of hydrogen-bond donors (Lipinski definition) is 0. The van der Waals surface area contributed by atoms with E-state index in [0.717, 1.165) is 30.1 Å². The van der Waals surface area contributed by atoms with Crippen LogP contribution in [0.2, 0.25) is 0 Å². The maximum atomic E-state index is 5.94. The molecule has 5 rings (SSSR count). The smallest absolute Gasteiger partial charge is 0.123 e. The number of aryl methyl sites for hydroxylation is 1. The fraction of sp³-hybridized carbons (Fsp3) is 0.500. The molecule has 1 fully saturated rings. The van der Waals surface area contributed by atoms with Crippen molar-refractivity contribution in [2.45, 2.75) is 44.4 Å². The van der Waals surface area contributed by atoms with E-state index < -0.39 is 0 Å². The van der Waals surface area contributed by atoms with Gasteiger partial charge in [-0.25, -0.2) is 0 Å². The second kappa shape index (κ2) is 5.92. The summed E-state index contributed by atoms with van der Waals surface area (Å²) in [6.45, 7) is 2.25. The van der Waals surface area contributed by atoms with Gasteiger partial charge in [-0.2, -0.15) is 0 Å². The van der Waals surface area contributed by atoms with Crippen molar-refractivity contribution >= 4 is 0 Å². The lowest BCUT2D eigenvalue weighted by molar-refractivity contribution is 0.170. The van der Waals surface area contributed by atoms with Crippen molar-refractivity contribution in [2.75, 3.05) is 21.3 Å². The minimum Gasteiger partial charge on any atom is -0.496 e. The molecular formula is C24H28O3. The molecule has 142 valence electrons. The molecule has 0 radical (unpaired) electrons. The first-order chi connectivity index (χ1) is 13.2. The molecule has 0 saturated heterocycles. The third kappa shape index (κ3) is 1.98. The van der Waals surface area contributed by atoms with Gasteiger partial charge < -0.3 is 14.2 Å². The number of rotatable bonds is 3. The Morgan fingerprint density at radius 1 is 0.741 bits per heavy atom. The molecule has 0 bridgehead atoms. The lowest BCUT2D eigenvalue weighted by atomic mass is 9.59. The Balaban J connectivity index is 1.89. The summed E-state index contributed by atoms with van der Waals surface area (Å²) in [5, 5.41) is 0. The Morgan fingerprint density at radius 2 is 1.26 bits per heavy atom. The largest absolute Gasteiger partial charge is 0.496 e. The van der Waals surface area contributed by atoms with Crippen LogP contribution in [0, 0.1) is 18.8 Å². The predicted molar refractivity (Wildman–Crippen MR) is 106 cm³/mol. The normalized spacial score (nSPS) is 27.4. The zero-order chi connectivity index (χ0) is 18.8. The topological polar surface area (TPSA) is 27.7 Å². The molecule has 3 heteroatoms. The van der Waals surface area contributed by atoms with Crippen LogP contribution in [-0.4, -0.2) is 21.3 Å². The first kappa shape index (κ1) is 17.0. The van der Waals surface area contributed by atoms with E-state index in [0.29, 0.717) is 11.8 Å². The molecule has 3 atom stereocenters. The van der Waals surface area contributed by atoms with Gasteiger partial charge in [-0.05, 0) is 73.8 Å². The zero-order valence-electron chi connectivity index (χ0n) is 16.7. The molecule has 0 aromatic heterocycles. The second-order valence-electron chi connectivity index (χ2n) is 8.36. The minimum atomic E-state index is 0.000162. The summed E-state index contributed by atoms with van der Waals surface area (Å²) >= 11 is 0. The van der Waals surface area contributed by atoms with Crippen LogP contribution in [0.4, 0.5) is 0 Å². The van der Waals surface area contributed by atoms with E-state index in [1.807, 2.05) is 7.11 Å². The Hall–Kier alpha value is -2.16. The summed E-state index contributed by atoms with van der Waals surface area (Å²) in [4.78, 5) is 0. The van der Waals surface area contributed by atoms with Crippen LogP contribution in [0.1, 0.15) is 47.1 Å². The zero-order valence-corrected chi connectivity index (χ0v) is 16.7. The van der Waals surface area contributed by atoms with Gasteiger partial charge in [-0.3, -0.25) is 0 Å². The Kier molecular flexibility index (Phi) is 3.72. The van der Waals surface area contributed by atoms with E-state index in [1.54, 1.807) is 14.2 Å². The van der Waals surface area contributed by atoms with Crippen molar-refractivity contribution in [2.24, 2.45) is 11.8 Å². The summed E-state index contributed by atoms with van der Waals surface area (Å²) in [5.74, 6) is 4.27. The highest BCUT2D eigenvalue weighted by molar-refractivity contribution is 5.68. The van der Waals surface area contributed by atoms with Gasteiger partial charge in [0, 0.05) is 22.1 Å². The van der Waals surface area contributed by atoms with Crippen LogP contribution < -0.4 is 14.2 Å². The van der Waals surface area contributed by atoms with E-state index in [1.165, 1.54) is 47.1 Å². The Morgan fingerprint density at radius 3 is 1.89 bits per heavy atom. The van der Waals surface area contributed by atoms with Crippen LogP contribution in [0.3, 0.4) is 0 Å². The van der Waals surface area contributed by atoms with Crippen molar-refractivity contribution in [3.05, 3.63) is 52.1 Å². The second-order valence-corrected chi connectivity index (χ2v) is 8.36. The monoisotopic (exact) mass is 364 g/mol. The van der Waals surface area contributed by atoms with Gasteiger partial charge in [0.2, 0.25) is 0 Å². The SMILES string of the molecule is COc1ccc(OC)c2c1C[C@@H]1CCC[C@H]3Cc4c(C)ccc(OC)c4[C@]231. The van der Waals surface area contributed by atoms with Crippen LogP contribution in [0.5, 0.6) is 17.2 Å². The molecule has 27 heavy (non-hydrogen) atoms. The fourth-order valence-corrected chi connectivity index (χ4v) is 6.60. The molecule has 3 aliphatic carbocycles. The summed E-state index contributed by atoms with van der Waals surface area (Å²) < 4.78 is 17.7. The fourth-order valence-electron chi connectivity index (χ4n) is 6.60. The molecule has 0 unspecified atom stereocenters. The average Bonchev–Trinajstić information content (AvgIpc) is 3.23. The standard InChI is InChI=1S/C24H28O3/c1-14-8-9-20(26-3)22-17(14)12-15-6-5-7-16-13-18-19(25-2)10-11-21(27-4)23(18)24(15,16)22/h8-11,15-16H,5-7,12-13H2,1-4H3/t15-,16-,24-/m0/s1. The van der Waals surface area contributed by atoms with Gasteiger partial charge in [0.05, 0.1) is 21.3 Å². The average molecular weight is 364 g/mol. The van der Waals surface area contributed by atoms with Gasteiger partial charge in [0.15, 0.2) is 0 Å². The van der Waals surface area contributed by atoms with E-state index in [2.05, 4.69) is 31.2 Å². The number of methoxy groups -OCH3 is 3. The summed E-state index contributed by atoms with van der Waals surface area (Å²) in [7, 11) is 5.39. The molecule has 2 aromatic rings. The molecule has 1 saturated carbocycles. The number of ether oxygens (including phenoxy) is 3. The van der Waals surface area contributed by atoms with Gasteiger partial charge in [0.25, 0.3) is 0 Å². The van der Waals surface area contributed by atoms with Crippen LogP contribution >= 0.6 is 0 Å². The first-order valence-corrected chi connectivity index (χ1v) is 10.1. The van der Waals surface area contributed by atoms with Crippen molar-refractivity contribution < 1.29 is 14.2 Å². The maximum absolute atomic E-state index is 5.94. The van der Waals surface area contributed by atoms with Gasteiger partial charge in [0.1, 0.15) is 17.2 Å². The Labute approximate surface area is 161 Å². The molecule has 0 heterocycles. The third-order valence-corrected chi connectivity index (χ3v) is 7.52. The highest BCUT2D eigenvalue weighted by Gasteiger charge is 2.61. The van der Waals surface area contributed by atoms with E-state index in [9.17, 15) is 0 Å². The van der Waals surface area contributed by atoms with Crippen LogP contribution in [0.15, 0.2) is 24.3 Å². The van der Waals surface area contributed by atoms with Crippen molar-refractivity contribution in [3.63, 3.8) is 0 Å². The summed E-state index contributed by atoms with van der Waals surface area (Å²) in [5.41, 5.74) is 7.06. The third-order valence-electron chi connectivity index (χ3n) is 7.52. The van der Waals surface area contributed by atoms with Crippen molar-refractivity contribution in [1.29, 1.82) is 0 Å². The highest BCUT2D eigenvalue weighted by Crippen LogP contribution is 2.67. The van der Waals surface area contributed by atoms with Gasteiger partial charge in [-0.15, -0.1) is 0 Å². The molecule has 3 aliphatic rings.